The normalized spacial score (nSPS) is 10.1. The predicted octanol–water partition coefficient (Wildman–Crippen LogP) is 1.59. The molecule has 14 heavy (non-hydrogen) atoms. The lowest BCUT2D eigenvalue weighted by Gasteiger charge is -2.03. The van der Waals surface area contributed by atoms with Crippen molar-refractivity contribution in [2.75, 3.05) is 5.32 Å². The quantitative estimate of drug-likeness (QED) is 0.737. The number of fused-ring (bicyclic) bond motifs is 1. The zero-order valence-corrected chi connectivity index (χ0v) is 7.69. The Morgan fingerprint density at radius 1 is 1.36 bits per heavy atom. The molecule has 1 N–H and O–H groups in total. The molecule has 0 radical (unpaired) electrons. The van der Waals surface area contributed by atoms with Crippen molar-refractivity contribution >= 4 is 22.5 Å². The molecule has 0 unspecified atom stereocenters. The number of carbonyl (C=O) groups excluding carboxylic acids is 1. The first-order valence-electron chi connectivity index (χ1n) is 4.25. The zero-order chi connectivity index (χ0) is 9.97. The number of anilines is 1. The van der Waals surface area contributed by atoms with E-state index in [9.17, 15) is 4.79 Å². The van der Waals surface area contributed by atoms with Crippen molar-refractivity contribution in [2.45, 2.75) is 6.92 Å². The number of benzene rings is 1. The zero-order valence-electron chi connectivity index (χ0n) is 7.69. The Balaban J connectivity index is 2.59. The molecule has 0 spiro atoms. The van der Waals surface area contributed by atoms with Gasteiger partial charge in [-0.1, -0.05) is 24.3 Å². The van der Waals surface area contributed by atoms with Crippen LogP contribution in [-0.4, -0.2) is 16.1 Å². The Hall–Kier alpha value is -1.97. The Morgan fingerprint density at radius 3 is 2.93 bits per heavy atom. The van der Waals surface area contributed by atoms with Crippen LogP contribution in [-0.2, 0) is 4.79 Å². The average Bonchev–Trinajstić information content (AvgIpc) is 2.18. The first kappa shape index (κ1) is 8.62. The topological polar surface area (TPSA) is 54.9 Å². The summed E-state index contributed by atoms with van der Waals surface area (Å²) in [7, 11) is 0. The monoisotopic (exact) mass is 187 g/mol. The van der Waals surface area contributed by atoms with E-state index in [2.05, 4.69) is 15.5 Å². The molecule has 0 saturated carbocycles. The second-order valence-corrected chi connectivity index (χ2v) is 2.96. The maximum Gasteiger partial charge on any atom is 0.222 e. The number of nitrogens with one attached hydrogen (secondary N) is 1. The SMILES string of the molecule is CC(=O)Nc1nncc2ccccc12. The van der Waals surface area contributed by atoms with Gasteiger partial charge in [-0.3, -0.25) is 4.79 Å². The van der Waals surface area contributed by atoms with Crippen molar-refractivity contribution in [2.24, 2.45) is 0 Å². The summed E-state index contributed by atoms with van der Waals surface area (Å²) in [6.45, 7) is 1.45. The largest absolute Gasteiger partial charge is 0.309 e. The highest BCUT2D eigenvalue weighted by molar-refractivity contribution is 5.98. The Labute approximate surface area is 81.0 Å². The number of aromatic nitrogens is 2. The lowest BCUT2D eigenvalue weighted by atomic mass is 10.2. The number of hydrogen-bond donors (Lipinski definition) is 1. The van der Waals surface area contributed by atoms with Crippen molar-refractivity contribution in [3.63, 3.8) is 0 Å². The van der Waals surface area contributed by atoms with Gasteiger partial charge in [0.05, 0.1) is 6.20 Å². The number of nitrogens with zero attached hydrogens (tertiary/aromatic N) is 2. The lowest BCUT2D eigenvalue weighted by molar-refractivity contribution is -0.114. The van der Waals surface area contributed by atoms with Crippen molar-refractivity contribution in [1.82, 2.24) is 10.2 Å². The van der Waals surface area contributed by atoms with Gasteiger partial charge in [-0.05, 0) is 0 Å². The van der Waals surface area contributed by atoms with Crippen molar-refractivity contribution in [3.8, 4) is 0 Å². The number of amides is 1. The molecule has 4 heteroatoms. The predicted molar refractivity (Wildman–Crippen MR) is 53.8 cm³/mol. The van der Waals surface area contributed by atoms with Crippen LogP contribution in [0.2, 0.25) is 0 Å². The fourth-order valence-electron chi connectivity index (χ4n) is 1.29. The van der Waals surface area contributed by atoms with E-state index in [0.717, 1.165) is 10.8 Å². The van der Waals surface area contributed by atoms with Gasteiger partial charge in [0, 0.05) is 17.7 Å². The molecule has 0 aliphatic carbocycles. The third-order valence-electron chi connectivity index (χ3n) is 1.86. The highest BCUT2D eigenvalue weighted by Crippen LogP contribution is 2.18. The van der Waals surface area contributed by atoms with Crippen LogP contribution in [0.5, 0.6) is 0 Å². The Morgan fingerprint density at radius 2 is 2.14 bits per heavy atom. The molecule has 0 bridgehead atoms. The fraction of sp³-hybridized carbons (Fsp3) is 0.100. The van der Waals surface area contributed by atoms with Crippen LogP contribution in [0, 0.1) is 0 Å². The summed E-state index contributed by atoms with van der Waals surface area (Å²) in [6.07, 6.45) is 1.67. The van der Waals surface area contributed by atoms with Gasteiger partial charge in [-0.2, -0.15) is 5.10 Å². The molecule has 1 aromatic heterocycles. The third-order valence-corrected chi connectivity index (χ3v) is 1.86. The van der Waals surface area contributed by atoms with Crippen molar-refractivity contribution in [1.29, 1.82) is 0 Å². The molecular formula is C10H9N3O. The molecule has 1 amide bonds. The van der Waals surface area contributed by atoms with Gasteiger partial charge >= 0.3 is 0 Å². The van der Waals surface area contributed by atoms with Gasteiger partial charge < -0.3 is 5.32 Å². The molecule has 0 aliphatic rings. The summed E-state index contributed by atoms with van der Waals surface area (Å²) in [6, 6.07) is 7.64. The first-order chi connectivity index (χ1) is 6.77. The van der Waals surface area contributed by atoms with Gasteiger partial charge in [-0.15, -0.1) is 5.10 Å². The van der Waals surface area contributed by atoms with Crippen LogP contribution in [0.15, 0.2) is 30.5 Å². The molecule has 4 nitrogen and oxygen atoms in total. The molecule has 2 rings (SSSR count). The van der Waals surface area contributed by atoms with Gasteiger partial charge in [0.1, 0.15) is 0 Å². The van der Waals surface area contributed by atoms with Crippen LogP contribution in [0.25, 0.3) is 10.8 Å². The lowest BCUT2D eigenvalue weighted by Crippen LogP contribution is -2.08. The van der Waals surface area contributed by atoms with Gasteiger partial charge in [0.15, 0.2) is 5.82 Å². The summed E-state index contributed by atoms with van der Waals surface area (Å²) in [5, 5.41) is 12.2. The average molecular weight is 187 g/mol. The summed E-state index contributed by atoms with van der Waals surface area (Å²) in [4.78, 5) is 10.9. The van der Waals surface area contributed by atoms with Crippen molar-refractivity contribution < 1.29 is 4.79 Å². The van der Waals surface area contributed by atoms with E-state index in [-0.39, 0.29) is 5.91 Å². The van der Waals surface area contributed by atoms with Gasteiger partial charge in [0.25, 0.3) is 0 Å². The number of rotatable bonds is 1. The fourth-order valence-corrected chi connectivity index (χ4v) is 1.29. The summed E-state index contributed by atoms with van der Waals surface area (Å²) < 4.78 is 0. The molecule has 0 fully saturated rings. The maximum atomic E-state index is 10.9. The molecule has 0 atom stereocenters. The number of carbonyl (C=O) groups is 1. The minimum atomic E-state index is -0.143. The Bertz CT molecular complexity index is 476. The first-order valence-corrected chi connectivity index (χ1v) is 4.25. The molecule has 0 saturated heterocycles. The molecule has 0 aliphatic heterocycles. The van der Waals surface area contributed by atoms with E-state index in [0.29, 0.717) is 5.82 Å². The minimum absolute atomic E-state index is 0.143. The van der Waals surface area contributed by atoms with Crippen LogP contribution in [0.3, 0.4) is 0 Å². The molecular weight excluding hydrogens is 178 g/mol. The van der Waals surface area contributed by atoms with E-state index >= 15 is 0 Å². The highest BCUT2D eigenvalue weighted by Gasteiger charge is 2.03. The second-order valence-electron chi connectivity index (χ2n) is 2.96. The minimum Gasteiger partial charge on any atom is -0.309 e. The molecule has 1 aromatic carbocycles. The molecule has 2 aromatic rings. The standard InChI is InChI=1S/C10H9N3O/c1-7(14)12-10-9-5-3-2-4-8(9)6-11-13-10/h2-6H,1H3,(H,12,13,14). The summed E-state index contributed by atoms with van der Waals surface area (Å²) >= 11 is 0. The Kier molecular flexibility index (Phi) is 2.10. The van der Waals surface area contributed by atoms with E-state index in [1.54, 1.807) is 6.20 Å². The molecule has 70 valence electrons. The van der Waals surface area contributed by atoms with E-state index < -0.39 is 0 Å². The number of hydrogen-bond acceptors (Lipinski definition) is 3. The maximum absolute atomic E-state index is 10.9. The highest BCUT2D eigenvalue weighted by atomic mass is 16.1. The van der Waals surface area contributed by atoms with Crippen LogP contribution in [0.4, 0.5) is 5.82 Å². The van der Waals surface area contributed by atoms with Crippen molar-refractivity contribution in [3.05, 3.63) is 30.5 Å². The second kappa shape index (κ2) is 3.41. The van der Waals surface area contributed by atoms with E-state index in [4.69, 9.17) is 0 Å². The summed E-state index contributed by atoms with van der Waals surface area (Å²) in [5.41, 5.74) is 0. The van der Waals surface area contributed by atoms with Gasteiger partial charge in [0.2, 0.25) is 5.91 Å². The van der Waals surface area contributed by atoms with Crippen LogP contribution >= 0.6 is 0 Å². The van der Waals surface area contributed by atoms with Gasteiger partial charge in [-0.25, -0.2) is 0 Å². The van der Waals surface area contributed by atoms with E-state index in [1.165, 1.54) is 6.92 Å². The van der Waals surface area contributed by atoms with Crippen LogP contribution < -0.4 is 5.32 Å². The van der Waals surface area contributed by atoms with Crippen LogP contribution in [0.1, 0.15) is 6.92 Å². The third kappa shape index (κ3) is 1.54. The van der Waals surface area contributed by atoms with E-state index in [1.807, 2.05) is 24.3 Å². The molecule has 1 heterocycles. The smallest absolute Gasteiger partial charge is 0.222 e. The summed E-state index contributed by atoms with van der Waals surface area (Å²) in [5.74, 6) is 0.367.